The number of fused-ring (bicyclic) bond motifs is 4. The van der Waals surface area contributed by atoms with Gasteiger partial charge in [-0.3, -0.25) is 4.79 Å². The number of carbonyl (C=O) groups is 2. The molecule has 2 aliphatic heterocycles. The quantitative estimate of drug-likeness (QED) is 0.395. The molecule has 2 heterocycles. The number of hydrogen-bond acceptors (Lipinski definition) is 7. The van der Waals surface area contributed by atoms with Crippen LogP contribution in [0.25, 0.3) is 0 Å². The van der Waals surface area contributed by atoms with Crippen LogP contribution in [0.5, 0.6) is 0 Å². The van der Waals surface area contributed by atoms with Crippen LogP contribution in [-0.4, -0.2) is 78.4 Å². The molecule has 7 fully saturated rings. The Hall–Kier alpha value is -1.38. The summed E-state index contributed by atoms with van der Waals surface area (Å²) in [5.74, 6) is 2.15. The molecular weight excluding hydrogens is 546 g/mol. The van der Waals surface area contributed by atoms with Crippen molar-refractivity contribution in [1.82, 2.24) is 4.90 Å². The van der Waals surface area contributed by atoms with Crippen LogP contribution < -0.4 is 0 Å². The minimum absolute atomic E-state index is 0. The molecular formula is C35H57NO7. The van der Waals surface area contributed by atoms with E-state index in [0.29, 0.717) is 54.9 Å². The third kappa shape index (κ3) is 4.45. The summed E-state index contributed by atoms with van der Waals surface area (Å²) >= 11 is 0. The number of rotatable bonds is 4. The lowest BCUT2D eigenvalue weighted by Gasteiger charge is -2.59. The van der Waals surface area contributed by atoms with Crippen LogP contribution in [0.4, 0.5) is 4.79 Å². The van der Waals surface area contributed by atoms with Crippen molar-refractivity contribution in [2.75, 3.05) is 26.3 Å². The predicted octanol–water partition coefficient (Wildman–Crippen LogP) is 5.98. The van der Waals surface area contributed by atoms with Crippen LogP contribution in [0.15, 0.2) is 0 Å². The van der Waals surface area contributed by atoms with Gasteiger partial charge in [0.2, 0.25) is 0 Å². The average Bonchev–Trinajstić information content (AvgIpc) is 3.53. The predicted molar refractivity (Wildman–Crippen MR) is 162 cm³/mol. The van der Waals surface area contributed by atoms with E-state index in [4.69, 9.17) is 18.9 Å². The maximum Gasteiger partial charge on any atom is 0.410 e. The van der Waals surface area contributed by atoms with Crippen molar-refractivity contribution in [2.24, 2.45) is 45.3 Å². The van der Waals surface area contributed by atoms with Gasteiger partial charge in [-0.15, -0.1) is 0 Å². The molecule has 8 nitrogen and oxygen atoms in total. The van der Waals surface area contributed by atoms with E-state index >= 15 is 0 Å². The highest BCUT2D eigenvalue weighted by Crippen LogP contribution is 2.87. The second-order valence-corrected chi connectivity index (χ2v) is 17.0. The van der Waals surface area contributed by atoms with Crippen molar-refractivity contribution in [2.45, 2.75) is 136 Å². The molecule has 1 amide bonds. The van der Waals surface area contributed by atoms with E-state index in [1.54, 1.807) is 13.8 Å². The molecule has 244 valence electrons. The summed E-state index contributed by atoms with van der Waals surface area (Å²) in [5, 5.41) is 10.9. The molecule has 0 aromatic rings. The zero-order valence-corrected chi connectivity index (χ0v) is 27.4. The van der Waals surface area contributed by atoms with Crippen LogP contribution in [0.3, 0.4) is 0 Å². The van der Waals surface area contributed by atoms with Gasteiger partial charge in [0.05, 0.1) is 31.0 Å². The van der Waals surface area contributed by atoms with Gasteiger partial charge in [-0.1, -0.05) is 20.8 Å². The number of esters is 1. The van der Waals surface area contributed by atoms with Gasteiger partial charge in [-0.2, -0.15) is 0 Å². The summed E-state index contributed by atoms with van der Waals surface area (Å²) in [5.41, 5.74) is -0.0756. The Labute approximate surface area is 259 Å². The maximum atomic E-state index is 13.1. The molecule has 2 spiro atoms. The topological polar surface area (TPSA) is 94.5 Å². The van der Waals surface area contributed by atoms with Crippen LogP contribution in [0, 0.1) is 45.3 Å². The van der Waals surface area contributed by atoms with E-state index in [1.165, 1.54) is 45.4 Å². The number of ether oxygens (including phenoxy) is 4. The third-order valence-electron chi connectivity index (χ3n) is 14.4. The second-order valence-electron chi connectivity index (χ2n) is 17.0. The van der Waals surface area contributed by atoms with Gasteiger partial charge in [0.25, 0.3) is 0 Å². The highest BCUT2D eigenvalue weighted by molar-refractivity contribution is 5.68. The molecule has 5 saturated carbocycles. The van der Waals surface area contributed by atoms with E-state index in [-0.39, 0.29) is 42.6 Å². The number of amides is 1. The van der Waals surface area contributed by atoms with E-state index in [9.17, 15) is 14.7 Å². The van der Waals surface area contributed by atoms with Crippen molar-refractivity contribution in [3.05, 3.63) is 0 Å². The Morgan fingerprint density at radius 2 is 1.67 bits per heavy atom. The lowest BCUT2D eigenvalue weighted by Crippen LogP contribution is -2.56. The second kappa shape index (κ2) is 10.1. The van der Waals surface area contributed by atoms with Gasteiger partial charge in [0.15, 0.2) is 6.10 Å². The zero-order valence-electron chi connectivity index (χ0n) is 27.4. The van der Waals surface area contributed by atoms with E-state index < -0.39 is 11.7 Å². The minimum atomic E-state index is -1.15. The third-order valence-corrected chi connectivity index (χ3v) is 14.4. The fraction of sp³-hybridized carbons (Fsp3) is 0.943. The van der Waals surface area contributed by atoms with Crippen LogP contribution in [0.1, 0.15) is 107 Å². The molecule has 0 radical (unpaired) electrons. The Morgan fingerprint density at radius 1 is 0.953 bits per heavy atom. The molecule has 2 saturated heterocycles. The first-order valence-corrected chi connectivity index (χ1v) is 17.3. The van der Waals surface area contributed by atoms with Crippen LogP contribution in [-0.2, 0) is 23.7 Å². The molecule has 0 aromatic carbocycles. The summed E-state index contributed by atoms with van der Waals surface area (Å²) in [6.07, 6.45) is 10.7. The molecule has 7 unspecified atom stereocenters. The fourth-order valence-electron chi connectivity index (χ4n) is 12.5. The number of aliphatic hydroxyl groups is 1. The molecule has 1 N–H and O–H groups in total. The van der Waals surface area contributed by atoms with Gasteiger partial charge < -0.3 is 29.0 Å². The highest BCUT2D eigenvalue weighted by atomic mass is 16.6. The smallest absolute Gasteiger partial charge is 0.410 e. The van der Waals surface area contributed by atoms with Gasteiger partial charge >= 0.3 is 12.1 Å². The molecule has 0 bridgehead atoms. The van der Waals surface area contributed by atoms with Crippen LogP contribution in [0.2, 0.25) is 0 Å². The summed E-state index contributed by atoms with van der Waals surface area (Å²) < 4.78 is 24.2. The Balaban J connectivity index is 0.00000343. The SMILES string of the molecule is CC(=O)O[C@@H](C1CCC2C(CC3C4CCC5C(C)(C)[C@@H](OC(=O)N6CCOCC6)CC[C@@]56C[C@@]46CCC23C)O1)C(C)(C)O.[HH]. The lowest BCUT2D eigenvalue weighted by atomic mass is 9.46. The lowest BCUT2D eigenvalue weighted by molar-refractivity contribution is -0.200. The largest absolute Gasteiger partial charge is 0.457 e. The zero-order chi connectivity index (χ0) is 30.6. The molecule has 8 heteroatoms. The fourth-order valence-corrected chi connectivity index (χ4v) is 12.5. The molecule has 7 rings (SSSR count). The number of morpholine rings is 1. The van der Waals surface area contributed by atoms with Crippen molar-refractivity contribution < 1.29 is 35.1 Å². The number of carbonyl (C=O) groups excluding carboxylic acids is 2. The van der Waals surface area contributed by atoms with Gasteiger partial charge in [0, 0.05) is 26.9 Å². The van der Waals surface area contributed by atoms with Crippen molar-refractivity contribution in [3.63, 3.8) is 0 Å². The van der Waals surface area contributed by atoms with Crippen LogP contribution >= 0.6 is 0 Å². The molecule has 43 heavy (non-hydrogen) atoms. The standard InChI is InChI=1S/C35H55NO7.H2/c1-21(37)41-29(32(4,5)39)25-9-7-23-26(42-25)19-24-22-8-10-27-31(2,3)28(43-30(38)36-15-17-40-18-16-36)11-12-35(27)20-34(22,35)14-13-33(23,24)6;/h22-29,39H,7-20H2,1-6H3;1H/t22?,23?,24?,25?,26?,27?,28-,29-,33?,34-,35+;/m0./s1. The molecule has 0 aromatic heterocycles. The van der Waals surface area contributed by atoms with Gasteiger partial charge in [-0.05, 0) is 118 Å². The monoisotopic (exact) mass is 603 g/mol. The molecule has 11 atom stereocenters. The van der Waals surface area contributed by atoms with Gasteiger partial charge in [0.1, 0.15) is 6.10 Å². The first-order valence-electron chi connectivity index (χ1n) is 17.3. The van der Waals surface area contributed by atoms with E-state index in [0.717, 1.165) is 31.6 Å². The maximum absolute atomic E-state index is 13.1. The Morgan fingerprint density at radius 3 is 2.37 bits per heavy atom. The van der Waals surface area contributed by atoms with Gasteiger partial charge in [-0.25, -0.2) is 4.79 Å². The summed E-state index contributed by atoms with van der Waals surface area (Å²) in [6.45, 7) is 14.6. The van der Waals surface area contributed by atoms with Crippen molar-refractivity contribution >= 4 is 12.1 Å². The minimum Gasteiger partial charge on any atom is -0.457 e. The summed E-state index contributed by atoms with van der Waals surface area (Å²) in [6, 6.07) is 0. The van der Waals surface area contributed by atoms with Crippen molar-refractivity contribution in [3.8, 4) is 0 Å². The molecule has 7 aliphatic rings. The normalized spacial score (nSPS) is 47.1. The average molecular weight is 604 g/mol. The Bertz CT molecular complexity index is 1130. The number of hydrogen-bond donors (Lipinski definition) is 1. The number of nitrogens with zero attached hydrogens (tertiary/aromatic N) is 1. The first-order chi connectivity index (χ1) is 20.2. The summed E-state index contributed by atoms with van der Waals surface area (Å²) in [7, 11) is 0. The molecule has 5 aliphatic carbocycles. The Kier molecular flexibility index (Phi) is 7.08. The van der Waals surface area contributed by atoms with E-state index in [1.807, 2.05) is 4.90 Å². The van der Waals surface area contributed by atoms with Crippen molar-refractivity contribution in [1.29, 1.82) is 0 Å². The summed E-state index contributed by atoms with van der Waals surface area (Å²) in [4.78, 5) is 26.8. The first kappa shape index (κ1) is 30.3. The highest BCUT2D eigenvalue weighted by Gasteiger charge is 2.81. The van der Waals surface area contributed by atoms with E-state index in [2.05, 4.69) is 20.8 Å².